The number of rotatable bonds is 10. The van der Waals surface area contributed by atoms with E-state index in [1.54, 1.807) is 0 Å². The lowest BCUT2D eigenvalue weighted by molar-refractivity contribution is -0.443. The molecule has 2 rings (SSSR count). The maximum Gasteiger partial charge on any atom is 0.393 e. The molecule has 0 aromatic carbocycles. The lowest BCUT2D eigenvalue weighted by Crippen LogP contribution is -2.74. The zero-order valence-corrected chi connectivity index (χ0v) is 18.2. The topological polar surface area (TPSA) is 42.0 Å². The van der Waals surface area contributed by atoms with E-state index in [1.165, 1.54) is 17.5 Å². The summed E-state index contributed by atoms with van der Waals surface area (Å²) in [6.07, 6.45) is -5.93. The molecule has 21 heteroatoms. The molecule has 210 valence electrons. The number of alkyl halides is 16. The highest BCUT2D eigenvalue weighted by atomic mass is 32.1. The molecule has 0 saturated carbocycles. The molecule has 0 fully saturated rings. The van der Waals surface area contributed by atoms with E-state index in [9.17, 15) is 75.0 Å². The van der Waals surface area contributed by atoms with E-state index in [4.69, 9.17) is 0 Å². The number of anilines is 1. The Morgan fingerprint density at radius 1 is 0.757 bits per heavy atom. The van der Waals surface area contributed by atoms with Crippen LogP contribution in [-0.4, -0.2) is 58.8 Å². The van der Waals surface area contributed by atoms with Crippen LogP contribution in [-0.2, 0) is 4.79 Å². The quantitative estimate of drug-likeness (QED) is 0.283. The lowest BCUT2D eigenvalue weighted by Gasteiger charge is -2.42. The molecule has 0 aliphatic rings. The molecule has 2 heterocycles. The fourth-order valence-electron chi connectivity index (χ4n) is 2.32. The molecule has 0 aliphatic carbocycles. The molecule has 0 unspecified atom stereocenters. The highest BCUT2D eigenvalue weighted by Crippen LogP contribution is 2.62. The first-order chi connectivity index (χ1) is 16.4. The molecule has 37 heavy (non-hydrogen) atoms. The van der Waals surface area contributed by atoms with Crippen LogP contribution in [0.15, 0.2) is 22.9 Å². The number of amides is 1. The number of hydrogen-bond acceptors (Lipinski definition) is 4. The third kappa shape index (κ3) is 4.40. The Bertz CT molecular complexity index is 1110. The minimum atomic E-state index is -8.57. The van der Waals surface area contributed by atoms with Gasteiger partial charge in [-0.2, -0.15) is 61.5 Å². The molecule has 0 atom stereocenters. The first-order valence-corrected chi connectivity index (χ1v) is 10.4. The summed E-state index contributed by atoms with van der Waals surface area (Å²) in [5, 5.41) is 2.26. The van der Waals surface area contributed by atoms with Gasteiger partial charge < -0.3 is 0 Å². The van der Waals surface area contributed by atoms with Gasteiger partial charge in [0.25, 0.3) is 0 Å². The Hall–Kier alpha value is -2.32. The zero-order chi connectivity index (χ0) is 29.0. The molecule has 1 amide bonds. The SMILES string of the molecule is O=C(Nc1nc(-c2cccs2)cs1)C(F)(F)C(F)(F)C(F)(F)C(F)(F)C(F)(F)C(F)(F)C(F)(F)C(F)F. The largest absolute Gasteiger partial charge is 0.393 e. The maximum absolute atomic E-state index is 13.9. The molecular weight excluding hydrogens is 604 g/mol. The molecule has 0 bridgehead atoms. The maximum atomic E-state index is 13.9. The molecule has 0 aliphatic heterocycles. The monoisotopic (exact) mass is 610 g/mol. The van der Waals surface area contributed by atoms with Crippen LogP contribution in [0.1, 0.15) is 0 Å². The molecule has 0 saturated heterocycles. The zero-order valence-electron chi connectivity index (χ0n) is 16.6. The Morgan fingerprint density at radius 3 is 1.70 bits per heavy atom. The molecule has 3 nitrogen and oxygen atoms in total. The third-order valence-corrected chi connectivity index (χ3v) is 6.10. The van der Waals surface area contributed by atoms with Crippen LogP contribution in [0.3, 0.4) is 0 Å². The Kier molecular flexibility index (Phi) is 7.65. The van der Waals surface area contributed by atoms with Crippen molar-refractivity contribution in [3.8, 4) is 10.6 Å². The molecule has 2 aromatic rings. The minimum Gasteiger partial charge on any atom is -0.296 e. The van der Waals surface area contributed by atoms with Crippen LogP contribution >= 0.6 is 22.7 Å². The van der Waals surface area contributed by atoms with Gasteiger partial charge in [0.1, 0.15) is 0 Å². The van der Waals surface area contributed by atoms with E-state index in [2.05, 4.69) is 4.98 Å². The van der Waals surface area contributed by atoms with Crippen LogP contribution in [0, 0.1) is 0 Å². The van der Waals surface area contributed by atoms with Crippen LogP contribution in [0.25, 0.3) is 10.6 Å². The normalized spacial score (nSPS) is 14.8. The van der Waals surface area contributed by atoms with Gasteiger partial charge in [-0.3, -0.25) is 10.1 Å². The minimum absolute atomic E-state index is 0.0935. The van der Waals surface area contributed by atoms with E-state index in [1.807, 2.05) is 0 Å². The van der Waals surface area contributed by atoms with Gasteiger partial charge in [-0.05, 0) is 11.4 Å². The summed E-state index contributed by atoms with van der Waals surface area (Å²) in [6, 6.07) is 2.83. The Morgan fingerprint density at radius 2 is 1.24 bits per heavy atom. The number of nitrogens with one attached hydrogen (secondary N) is 1. The standard InChI is InChI=1S/C16H6F16N2OS2/c17-7(18)10(19,20)12(23,24)14(27,28)16(31,32)15(29,30)13(25,26)11(21,22)8(35)34-9-33-5(4-37-9)6-2-1-3-36-6/h1-4,7H,(H,33,34,35). The molecule has 2 aromatic heterocycles. The summed E-state index contributed by atoms with van der Waals surface area (Å²) >= 11 is 1.19. The highest BCUT2D eigenvalue weighted by Gasteiger charge is 2.94. The van der Waals surface area contributed by atoms with Crippen molar-refractivity contribution in [1.82, 2.24) is 4.98 Å². The van der Waals surface area contributed by atoms with Crippen molar-refractivity contribution in [1.29, 1.82) is 0 Å². The number of halogens is 16. The Labute approximate surface area is 201 Å². The summed E-state index contributed by atoms with van der Waals surface area (Å²) in [6.45, 7) is 0. The van der Waals surface area contributed by atoms with E-state index >= 15 is 0 Å². The fourth-order valence-corrected chi connectivity index (χ4v) is 3.79. The van der Waals surface area contributed by atoms with E-state index < -0.39 is 58.9 Å². The van der Waals surface area contributed by atoms with Crippen LogP contribution in [0.4, 0.5) is 75.4 Å². The number of hydrogen-bond donors (Lipinski definition) is 1. The van der Waals surface area contributed by atoms with Gasteiger partial charge in [0, 0.05) is 5.38 Å². The summed E-state index contributed by atoms with van der Waals surface area (Å²) in [4.78, 5) is 15.3. The van der Waals surface area contributed by atoms with Crippen LogP contribution in [0.2, 0.25) is 0 Å². The average molecular weight is 610 g/mol. The smallest absolute Gasteiger partial charge is 0.296 e. The van der Waals surface area contributed by atoms with Gasteiger partial charge in [-0.15, -0.1) is 22.7 Å². The van der Waals surface area contributed by atoms with Gasteiger partial charge in [0.2, 0.25) is 0 Å². The highest BCUT2D eigenvalue weighted by molar-refractivity contribution is 7.16. The van der Waals surface area contributed by atoms with Gasteiger partial charge in [0.15, 0.2) is 5.13 Å². The number of aromatic nitrogens is 1. The summed E-state index contributed by atoms with van der Waals surface area (Å²) in [7, 11) is 0. The predicted molar refractivity (Wildman–Crippen MR) is 94.7 cm³/mol. The second-order valence-corrected chi connectivity index (χ2v) is 8.65. The third-order valence-electron chi connectivity index (χ3n) is 4.45. The fraction of sp³-hybridized carbons (Fsp3) is 0.500. The average Bonchev–Trinajstić information content (AvgIpc) is 3.44. The number of thiazole rings is 1. The first-order valence-electron chi connectivity index (χ1n) is 8.65. The van der Waals surface area contributed by atoms with E-state index in [0.717, 1.165) is 22.0 Å². The van der Waals surface area contributed by atoms with E-state index in [0.29, 0.717) is 4.88 Å². The van der Waals surface area contributed by atoms with Gasteiger partial charge in [0.05, 0.1) is 10.6 Å². The van der Waals surface area contributed by atoms with Crippen molar-refractivity contribution >= 4 is 33.7 Å². The van der Waals surface area contributed by atoms with Gasteiger partial charge >= 0.3 is 53.8 Å². The van der Waals surface area contributed by atoms with Crippen molar-refractivity contribution in [3.63, 3.8) is 0 Å². The molecule has 1 N–H and O–H groups in total. The van der Waals surface area contributed by atoms with Crippen molar-refractivity contribution in [2.24, 2.45) is 0 Å². The number of nitrogens with zero attached hydrogens (tertiary/aromatic N) is 1. The number of carbonyl (C=O) groups is 1. The summed E-state index contributed by atoms with van der Waals surface area (Å²) in [5.74, 6) is -59.9. The molecule has 0 spiro atoms. The van der Waals surface area contributed by atoms with Crippen LogP contribution in [0.5, 0.6) is 0 Å². The second kappa shape index (κ2) is 9.16. The second-order valence-electron chi connectivity index (χ2n) is 6.84. The van der Waals surface area contributed by atoms with E-state index in [-0.39, 0.29) is 17.0 Å². The van der Waals surface area contributed by atoms with Crippen molar-refractivity contribution in [2.45, 2.75) is 47.9 Å². The summed E-state index contributed by atoms with van der Waals surface area (Å²) in [5.41, 5.74) is -0.0935. The first kappa shape index (κ1) is 30.9. The van der Waals surface area contributed by atoms with Crippen molar-refractivity contribution < 1.29 is 75.0 Å². The lowest BCUT2D eigenvalue weighted by atomic mass is 9.89. The van der Waals surface area contributed by atoms with Crippen molar-refractivity contribution in [2.75, 3.05) is 5.32 Å². The Balaban J connectivity index is 2.45. The number of carbonyl (C=O) groups excluding carboxylic acids is 1. The van der Waals surface area contributed by atoms with Crippen LogP contribution < -0.4 is 5.32 Å². The van der Waals surface area contributed by atoms with Gasteiger partial charge in [-0.1, -0.05) is 6.07 Å². The summed E-state index contributed by atoms with van der Waals surface area (Å²) < 4.78 is 213. The number of thiophene rings is 1. The molecule has 0 radical (unpaired) electrons. The van der Waals surface area contributed by atoms with Crippen molar-refractivity contribution in [3.05, 3.63) is 22.9 Å². The predicted octanol–water partition coefficient (Wildman–Crippen LogP) is 7.52. The molecular formula is C16H6F16N2OS2. The van der Waals surface area contributed by atoms with Gasteiger partial charge in [-0.25, -0.2) is 13.8 Å².